The van der Waals surface area contributed by atoms with Crippen molar-refractivity contribution in [2.45, 2.75) is 19.8 Å². The minimum atomic E-state index is -0.0226. The first-order valence-electron chi connectivity index (χ1n) is 5.19. The maximum atomic E-state index is 11.3. The highest BCUT2D eigenvalue weighted by atomic mass is 35.5. The van der Waals surface area contributed by atoms with Crippen LogP contribution in [0.3, 0.4) is 0 Å². The largest absolute Gasteiger partial charge is 0.356 e. The monoisotopic (exact) mass is 277 g/mol. The van der Waals surface area contributed by atoms with Crippen molar-refractivity contribution in [1.29, 1.82) is 0 Å². The predicted molar refractivity (Wildman–Crippen MR) is 66.3 cm³/mol. The Morgan fingerprint density at radius 2 is 1.82 bits per heavy atom. The second kappa shape index (κ2) is 7.24. The van der Waals surface area contributed by atoms with Crippen molar-refractivity contribution < 1.29 is 4.79 Å². The van der Waals surface area contributed by atoms with Gasteiger partial charge in [-0.3, -0.25) is 4.79 Å². The van der Waals surface area contributed by atoms with Gasteiger partial charge in [-0.25, -0.2) is 0 Å². The third-order valence-corrected chi connectivity index (χ3v) is 2.13. The lowest BCUT2D eigenvalue weighted by atomic mass is 10.4. The third-order valence-electron chi connectivity index (χ3n) is 1.79. The topological polar surface area (TPSA) is 79.8 Å². The number of anilines is 1. The van der Waals surface area contributed by atoms with E-state index in [4.69, 9.17) is 23.2 Å². The zero-order valence-electron chi connectivity index (χ0n) is 9.33. The summed E-state index contributed by atoms with van der Waals surface area (Å²) in [6.07, 6.45) is 1.25. The Morgan fingerprint density at radius 3 is 2.41 bits per heavy atom. The molecule has 1 rings (SSSR count). The quantitative estimate of drug-likeness (QED) is 0.824. The molecule has 0 saturated heterocycles. The van der Waals surface area contributed by atoms with Gasteiger partial charge in [0.2, 0.25) is 22.4 Å². The maximum Gasteiger partial charge on any atom is 0.228 e. The van der Waals surface area contributed by atoms with Gasteiger partial charge in [0.15, 0.2) is 0 Å². The second-order valence-corrected chi connectivity index (χ2v) is 3.90. The molecule has 0 saturated carbocycles. The van der Waals surface area contributed by atoms with Crippen LogP contribution in [0.25, 0.3) is 0 Å². The highest BCUT2D eigenvalue weighted by molar-refractivity contribution is 6.31. The van der Waals surface area contributed by atoms with Gasteiger partial charge < -0.3 is 10.6 Å². The van der Waals surface area contributed by atoms with E-state index in [0.717, 1.165) is 6.42 Å². The number of hydrogen-bond acceptors (Lipinski definition) is 5. The number of aromatic nitrogens is 3. The SMILES string of the molecule is CCCNC(=O)CCNc1nc(Cl)nc(Cl)n1. The van der Waals surface area contributed by atoms with Crippen LogP contribution in [0, 0.1) is 0 Å². The number of carbonyl (C=O) groups excluding carboxylic acids is 1. The van der Waals surface area contributed by atoms with Gasteiger partial charge in [-0.2, -0.15) is 15.0 Å². The van der Waals surface area contributed by atoms with Crippen molar-refractivity contribution in [1.82, 2.24) is 20.3 Å². The number of rotatable bonds is 6. The molecule has 0 atom stereocenters. The molecule has 1 aromatic rings. The first-order chi connectivity index (χ1) is 8.11. The van der Waals surface area contributed by atoms with Crippen LogP contribution in [0.4, 0.5) is 5.95 Å². The summed E-state index contributed by atoms with van der Waals surface area (Å²) in [7, 11) is 0. The Hall–Kier alpha value is -1.14. The van der Waals surface area contributed by atoms with Gasteiger partial charge in [-0.15, -0.1) is 0 Å². The molecule has 6 nitrogen and oxygen atoms in total. The van der Waals surface area contributed by atoms with Crippen molar-refractivity contribution in [3.63, 3.8) is 0 Å². The fourth-order valence-electron chi connectivity index (χ4n) is 1.05. The van der Waals surface area contributed by atoms with Gasteiger partial charge >= 0.3 is 0 Å². The van der Waals surface area contributed by atoms with E-state index in [1.165, 1.54) is 0 Å². The minimum absolute atomic E-state index is 0.0166. The molecular formula is C9H13Cl2N5O. The van der Waals surface area contributed by atoms with E-state index in [2.05, 4.69) is 25.6 Å². The highest BCUT2D eigenvalue weighted by Gasteiger charge is 2.04. The average Bonchev–Trinajstić information content (AvgIpc) is 2.25. The molecular weight excluding hydrogens is 265 g/mol. The number of halogens is 2. The molecule has 17 heavy (non-hydrogen) atoms. The Kier molecular flexibility index (Phi) is 5.93. The van der Waals surface area contributed by atoms with Crippen molar-refractivity contribution >= 4 is 35.1 Å². The van der Waals surface area contributed by atoms with Gasteiger partial charge in [0.1, 0.15) is 0 Å². The molecule has 0 aliphatic rings. The van der Waals surface area contributed by atoms with E-state index < -0.39 is 0 Å². The van der Waals surface area contributed by atoms with Crippen LogP contribution in [0.15, 0.2) is 0 Å². The van der Waals surface area contributed by atoms with E-state index in [0.29, 0.717) is 19.5 Å². The van der Waals surface area contributed by atoms with Gasteiger partial charge in [0.25, 0.3) is 0 Å². The predicted octanol–water partition coefficient (Wildman–Crippen LogP) is 1.51. The normalized spacial score (nSPS) is 10.1. The Balaban J connectivity index is 2.33. The average molecular weight is 278 g/mol. The van der Waals surface area contributed by atoms with E-state index in [9.17, 15) is 4.79 Å². The van der Waals surface area contributed by atoms with Crippen LogP contribution in [0.1, 0.15) is 19.8 Å². The Morgan fingerprint density at radius 1 is 1.18 bits per heavy atom. The Labute approximate surface area is 109 Å². The van der Waals surface area contributed by atoms with Crippen LogP contribution in [-0.4, -0.2) is 33.9 Å². The van der Waals surface area contributed by atoms with Crippen LogP contribution in [0.2, 0.25) is 10.6 Å². The van der Waals surface area contributed by atoms with Gasteiger partial charge in [-0.05, 0) is 29.6 Å². The van der Waals surface area contributed by atoms with Crippen molar-refractivity contribution in [2.75, 3.05) is 18.4 Å². The lowest BCUT2D eigenvalue weighted by Crippen LogP contribution is -2.26. The van der Waals surface area contributed by atoms with Crippen molar-refractivity contribution in [3.8, 4) is 0 Å². The minimum Gasteiger partial charge on any atom is -0.356 e. The standard InChI is InChI=1S/C9H13Cl2N5O/c1-2-4-12-6(17)3-5-13-9-15-7(10)14-8(11)16-9/h2-5H2,1H3,(H,12,17)(H,13,14,15,16). The molecule has 0 aromatic carbocycles. The summed E-state index contributed by atoms with van der Waals surface area (Å²) >= 11 is 11.2. The summed E-state index contributed by atoms with van der Waals surface area (Å²) in [6, 6.07) is 0. The zero-order valence-corrected chi connectivity index (χ0v) is 10.8. The summed E-state index contributed by atoms with van der Waals surface area (Å²) in [5.74, 6) is 0.240. The molecule has 1 amide bonds. The number of nitrogens with zero attached hydrogens (tertiary/aromatic N) is 3. The first kappa shape index (κ1) is 13.9. The lowest BCUT2D eigenvalue weighted by molar-refractivity contribution is -0.120. The molecule has 0 aliphatic carbocycles. The van der Waals surface area contributed by atoms with Crippen molar-refractivity contribution in [3.05, 3.63) is 10.6 Å². The van der Waals surface area contributed by atoms with Crippen LogP contribution in [0.5, 0.6) is 0 Å². The molecule has 0 bridgehead atoms. The van der Waals surface area contributed by atoms with Crippen molar-refractivity contribution in [2.24, 2.45) is 0 Å². The molecule has 1 heterocycles. The molecule has 0 radical (unpaired) electrons. The van der Waals surface area contributed by atoms with E-state index >= 15 is 0 Å². The highest BCUT2D eigenvalue weighted by Crippen LogP contribution is 2.09. The molecule has 8 heteroatoms. The molecule has 0 aliphatic heterocycles. The fourth-order valence-corrected chi connectivity index (χ4v) is 1.41. The molecule has 94 valence electrons. The van der Waals surface area contributed by atoms with Crippen LogP contribution >= 0.6 is 23.2 Å². The summed E-state index contributed by atoms with van der Waals surface area (Å²) in [6.45, 7) is 3.09. The number of nitrogens with one attached hydrogen (secondary N) is 2. The van der Waals surface area contributed by atoms with E-state index in [1.54, 1.807) is 0 Å². The molecule has 2 N–H and O–H groups in total. The second-order valence-electron chi connectivity index (χ2n) is 3.22. The lowest BCUT2D eigenvalue weighted by Gasteiger charge is -2.05. The smallest absolute Gasteiger partial charge is 0.228 e. The van der Waals surface area contributed by atoms with Crippen LogP contribution in [-0.2, 0) is 4.79 Å². The number of amides is 1. The number of hydrogen-bond donors (Lipinski definition) is 2. The zero-order chi connectivity index (χ0) is 12.7. The molecule has 0 fully saturated rings. The van der Waals surface area contributed by atoms with E-state index in [-0.39, 0.29) is 22.4 Å². The van der Waals surface area contributed by atoms with Gasteiger partial charge in [0, 0.05) is 19.5 Å². The molecule has 1 aromatic heterocycles. The molecule has 0 spiro atoms. The Bertz CT molecular complexity index is 367. The summed E-state index contributed by atoms with van der Waals surface area (Å²) in [5, 5.41) is 5.63. The number of carbonyl (C=O) groups is 1. The first-order valence-corrected chi connectivity index (χ1v) is 5.95. The molecule has 0 unspecified atom stereocenters. The van der Waals surface area contributed by atoms with Gasteiger partial charge in [-0.1, -0.05) is 6.92 Å². The third kappa shape index (κ3) is 5.65. The maximum absolute atomic E-state index is 11.3. The summed E-state index contributed by atoms with van der Waals surface area (Å²) < 4.78 is 0. The van der Waals surface area contributed by atoms with E-state index in [1.807, 2.05) is 6.92 Å². The fraction of sp³-hybridized carbons (Fsp3) is 0.556. The summed E-state index contributed by atoms with van der Waals surface area (Å²) in [4.78, 5) is 22.5. The van der Waals surface area contributed by atoms with Crippen LogP contribution < -0.4 is 10.6 Å². The summed E-state index contributed by atoms with van der Waals surface area (Å²) in [5.41, 5.74) is 0. The van der Waals surface area contributed by atoms with Gasteiger partial charge in [0.05, 0.1) is 0 Å².